The number of likely N-dealkylation sites (N-methyl/N-ethyl adjacent to an activating group) is 1. The lowest BCUT2D eigenvalue weighted by Gasteiger charge is -2.58. The van der Waals surface area contributed by atoms with Gasteiger partial charge in [0, 0.05) is 22.9 Å². The Hall–Kier alpha value is -2.33. The van der Waals surface area contributed by atoms with Crippen molar-refractivity contribution in [1.82, 2.24) is 4.90 Å². The molecular weight excluding hydrogens is 338 g/mol. The minimum absolute atomic E-state index is 0.124. The summed E-state index contributed by atoms with van der Waals surface area (Å²) in [5.41, 5.74) is 3.22. The third kappa shape index (κ3) is 1.80. The van der Waals surface area contributed by atoms with Crippen LogP contribution in [0.4, 0.5) is 0 Å². The molecule has 0 radical (unpaired) electrons. The van der Waals surface area contributed by atoms with Crippen LogP contribution in [-0.4, -0.2) is 41.5 Å². The molecule has 2 fully saturated rings. The Morgan fingerprint density at radius 1 is 1.19 bits per heavy atom. The summed E-state index contributed by atoms with van der Waals surface area (Å²) in [4.78, 5) is 16.1. The van der Waals surface area contributed by atoms with Crippen molar-refractivity contribution in [2.75, 3.05) is 13.6 Å². The first-order chi connectivity index (χ1) is 13.1. The molecule has 0 aromatic heterocycles. The summed E-state index contributed by atoms with van der Waals surface area (Å²) >= 11 is 0. The topological polar surface area (TPSA) is 49.8 Å². The molecule has 1 spiro atoms. The number of carbonyl (C=O) groups is 1. The molecule has 27 heavy (non-hydrogen) atoms. The van der Waals surface area contributed by atoms with Crippen molar-refractivity contribution in [2.24, 2.45) is 5.92 Å². The van der Waals surface area contributed by atoms with Crippen molar-refractivity contribution >= 4 is 5.78 Å². The summed E-state index contributed by atoms with van der Waals surface area (Å²) in [5, 5.41) is 10.5. The van der Waals surface area contributed by atoms with Crippen LogP contribution in [0.2, 0.25) is 0 Å². The molecule has 2 aliphatic heterocycles. The van der Waals surface area contributed by atoms with E-state index in [1.807, 2.05) is 24.3 Å². The van der Waals surface area contributed by atoms with Gasteiger partial charge in [-0.1, -0.05) is 36.4 Å². The lowest BCUT2D eigenvalue weighted by molar-refractivity contribution is -0.140. The summed E-state index contributed by atoms with van der Waals surface area (Å²) < 4.78 is 6.29. The van der Waals surface area contributed by atoms with Gasteiger partial charge >= 0.3 is 0 Å². The van der Waals surface area contributed by atoms with Gasteiger partial charge in [0.25, 0.3) is 0 Å². The summed E-state index contributed by atoms with van der Waals surface area (Å²) in [5.74, 6) is 1.19. The summed E-state index contributed by atoms with van der Waals surface area (Å²) in [6.45, 7) is 0.971. The fourth-order valence-corrected chi connectivity index (χ4v) is 6.51. The standard InChI is InChI=1S/C23H23NO3/c1-24-10-9-23-16-12-15(13-5-3-2-4-6-13)20(26)22(23)27-21-18(25)8-7-14(19(21)23)11-17(16)24/h2-8,15-17,22,25H,9-12H2,1H3/t15-,16+,17-,22+,23+/m1/s1. The van der Waals surface area contributed by atoms with Crippen LogP contribution >= 0.6 is 0 Å². The van der Waals surface area contributed by atoms with Crippen LogP contribution in [0.15, 0.2) is 42.5 Å². The van der Waals surface area contributed by atoms with Gasteiger partial charge < -0.3 is 14.7 Å². The summed E-state index contributed by atoms with van der Waals surface area (Å²) in [7, 11) is 2.21. The van der Waals surface area contributed by atoms with E-state index in [0.29, 0.717) is 17.7 Å². The third-order valence-electron chi connectivity index (χ3n) is 7.69. The van der Waals surface area contributed by atoms with Crippen LogP contribution in [0, 0.1) is 5.92 Å². The molecule has 2 heterocycles. The first-order valence-electron chi connectivity index (χ1n) is 9.92. The normalized spacial score (nSPS) is 36.3. The molecule has 1 saturated carbocycles. The van der Waals surface area contributed by atoms with Gasteiger partial charge in [-0.15, -0.1) is 0 Å². The first kappa shape index (κ1) is 15.7. The van der Waals surface area contributed by atoms with Gasteiger partial charge in [0.15, 0.2) is 23.4 Å². The van der Waals surface area contributed by atoms with Crippen molar-refractivity contribution in [3.05, 3.63) is 59.2 Å². The number of likely N-dealkylation sites (tertiary alicyclic amines) is 1. The fraction of sp³-hybridized carbons (Fsp3) is 0.435. The summed E-state index contributed by atoms with van der Waals surface area (Å²) in [6, 6.07) is 14.3. The molecule has 1 N–H and O–H groups in total. The molecule has 0 amide bonds. The molecule has 2 aromatic carbocycles. The second kappa shape index (κ2) is 5.14. The quantitative estimate of drug-likeness (QED) is 0.848. The van der Waals surface area contributed by atoms with E-state index < -0.39 is 6.10 Å². The number of Topliss-reactive ketones (excluding diaryl/α,β-unsaturated/α-hetero) is 1. The van der Waals surface area contributed by atoms with Gasteiger partial charge in [-0.25, -0.2) is 0 Å². The van der Waals surface area contributed by atoms with Gasteiger partial charge in [-0.3, -0.25) is 4.79 Å². The number of ether oxygens (including phenoxy) is 1. The molecule has 4 heteroatoms. The van der Waals surface area contributed by atoms with Gasteiger partial charge in [0.1, 0.15) is 0 Å². The zero-order chi connectivity index (χ0) is 18.3. The van der Waals surface area contributed by atoms with Gasteiger partial charge in [-0.2, -0.15) is 0 Å². The fourth-order valence-electron chi connectivity index (χ4n) is 6.51. The number of ketones is 1. The molecule has 1 saturated heterocycles. The van der Waals surface area contributed by atoms with Crippen molar-refractivity contribution in [3.8, 4) is 11.5 Å². The van der Waals surface area contributed by atoms with Crippen molar-refractivity contribution in [2.45, 2.75) is 42.7 Å². The minimum atomic E-state index is -0.472. The van der Waals surface area contributed by atoms with Crippen LogP contribution in [0.3, 0.4) is 0 Å². The Balaban J connectivity index is 1.57. The molecule has 0 unspecified atom stereocenters. The van der Waals surface area contributed by atoms with Crippen LogP contribution in [0.1, 0.15) is 35.4 Å². The van der Waals surface area contributed by atoms with Crippen molar-refractivity contribution < 1.29 is 14.6 Å². The highest BCUT2D eigenvalue weighted by Crippen LogP contribution is 2.64. The molecule has 2 bridgehead atoms. The molecule has 2 aliphatic carbocycles. The van der Waals surface area contributed by atoms with Crippen LogP contribution in [-0.2, 0) is 16.6 Å². The number of rotatable bonds is 1. The van der Waals surface area contributed by atoms with E-state index in [2.05, 4.69) is 24.1 Å². The number of hydrogen-bond acceptors (Lipinski definition) is 4. The predicted octanol–water partition coefficient (Wildman–Crippen LogP) is 3.02. The average Bonchev–Trinajstić information content (AvgIpc) is 3.04. The highest BCUT2D eigenvalue weighted by Gasteiger charge is 2.67. The smallest absolute Gasteiger partial charge is 0.181 e. The second-order valence-electron chi connectivity index (χ2n) is 8.70. The van der Waals surface area contributed by atoms with Crippen molar-refractivity contribution in [1.29, 1.82) is 0 Å². The number of hydrogen-bond donors (Lipinski definition) is 1. The number of benzene rings is 2. The zero-order valence-corrected chi connectivity index (χ0v) is 15.4. The Bertz CT molecular complexity index is 956. The van der Waals surface area contributed by atoms with E-state index in [-0.39, 0.29) is 22.9 Å². The Labute approximate surface area is 158 Å². The second-order valence-corrected chi connectivity index (χ2v) is 8.70. The first-order valence-corrected chi connectivity index (χ1v) is 9.92. The molecule has 4 aliphatic rings. The third-order valence-corrected chi connectivity index (χ3v) is 7.69. The van der Waals surface area contributed by atoms with E-state index in [4.69, 9.17) is 4.74 Å². The monoisotopic (exact) mass is 361 g/mol. The lowest BCUT2D eigenvalue weighted by atomic mass is 9.49. The predicted molar refractivity (Wildman–Crippen MR) is 101 cm³/mol. The lowest BCUT2D eigenvalue weighted by Crippen LogP contribution is -2.66. The van der Waals surface area contributed by atoms with Gasteiger partial charge in [-0.05, 0) is 56.0 Å². The molecule has 6 rings (SSSR count). The van der Waals surface area contributed by atoms with Crippen LogP contribution < -0.4 is 4.74 Å². The molecule has 138 valence electrons. The molecule has 2 aromatic rings. The van der Waals surface area contributed by atoms with E-state index >= 15 is 0 Å². The van der Waals surface area contributed by atoms with E-state index in [1.54, 1.807) is 6.07 Å². The van der Waals surface area contributed by atoms with Crippen molar-refractivity contribution in [3.63, 3.8) is 0 Å². The van der Waals surface area contributed by atoms with Crippen LogP contribution in [0.5, 0.6) is 11.5 Å². The Morgan fingerprint density at radius 2 is 2.00 bits per heavy atom. The highest BCUT2D eigenvalue weighted by atomic mass is 16.5. The molecule has 4 nitrogen and oxygen atoms in total. The average molecular weight is 361 g/mol. The highest BCUT2D eigenvalue weighted by molar-refractivity contribution is 5.94. The largest absolute Gasteiger partial charge is 0.504 e. The maximum atomic E-state index is 13.6. The zero-order valence-electron chi connectivity index (χ0n) is 15.4. The number of phenolic OH excluding ortho intramolecular Hbond substituents is 1. The van der Waals surface area contributed by atoms with E-state index in [0.717, 1.165) is 36.9 Å². The van der Waals surface area contributed by atoms with Crippen LogP contribution in [0.25, 0.3) is 0 Å². The SMILES string of the molecule is CN1CC[C@]23c4c5ccc(O)c4O[C@H]2C(=O)[C@@H](c2ccccc2)C[C@H]3[C@H]1C5. The van der Waals surface area contributed by atoms with Gasteiger partial charge in [0.2, 0.25) is 0 Å². The van der Waals surface area contributed by atoms with E-state index in [1.165, 1.54) is 5.56 Å². The maximum Gasteiger partial charge on any atom is 0.181 e. The molecule has 5 atom stereocenters. The number of aromatic hydroxyl groups is 1. The number of piperidine rings is 1. The molecular formula is C23H23NO3. The Morgan fingerprint density at radius 3 is 2.81 bits per heavy atom. The summed E-state index contributed by atoms with van der Waals surface area (Å²) in [6.07, 6.45) is 2.29. The number of phenols is 1. The number of carbonyl (C=O) groups excluding carboxylic acids is 1. The minimum Gasteiger partial charge on any atom is -0.504 e. The maximum absolute atomic E-state index is 13.6. The Kier molecular flexibility index (Phi) is 2.99. The van der Waals surface area contributed by atoms with E-state index in [9.17, 15) is 9.90 Å². The van der Waals surface area contributed by atoms with Gasteiger partial charge in [0.05, 0.1) is 0 Å². The number of nitrogens with zero attached hydrogens (tertiary/aromatic N) is 1.